The van der Waals surface area contributed by atoms with Crippen LogP contribution < -0.4 is 5.32 Å². The summed E-state index contributed by atoms with van der Waals surface area (Å²) in [5.41, 5.74) is 7.06. The highest BCUT2D eigenvalue weighted by Crippen LogP contribution is 2.32. The molecular weight excluding hydrogens is 350 g/mol. The van der Waals surface area contributed by atoms with Gasteiger partial charge < -0.3 is 10.2 Å². The van der Waals surface area contributed by atoms with Crippen molar-refractivity contribution in [3.05, 3.63) is 70.4 Å². The Morgan fingerprint density at radius 2 is 2.07 bits per heavy atom. The lowest BCUT2D eigenvalue weighted by molar-refractivity contribution is -0.124. The molecule has 0 spiro atoms. The normalized spacial score (nSPS) is 15.4. The number of carbonyl (C=O) groups excluding carboxylic acids is 2. The Morgan fingerprint density at radius 3 is 2.89 bits per heavy atom. The van der Waals surface area contributed by atoms with E-state index in [-0.39, 0.29) is 11.8 Å². The van der Waals surface area contributed by atoms with Crippen LogP contribution in [0, 0.1) is 0 Å². The fourth-order valence-corrected chi connectivity index (χ4v) is 3.79. The van der Waals surface area contributed by atoms with Crippen LogP contribution in [0.1, 0.15) is 35.6 Å². The molecule has 5 heteroatoms. The maximum atomic E-state index is 12.6. The van der Waals surface area contributed by atoms with Crippen molar-refractivity contribution in [1.82, 2.24) is 9.88 Å². The second-order valence-electron chi connectivity index (χ2n) is 7.41. The monoisotopic (exact) mass is 373 g/mol. The van der Waals surface area contributed by atoms with Gasteiger partial charge in [-0.2, -0.15) is 0 Å². The Morgan fingerprint density at radius 1 is 1.25 bits per heavy atom. The average Bonchev–Trinajstić information content (AvgIpc) is 3.01. The first-order valence-electron chi connectivity index (χ1n) is 9.50. The summed E-state index contributed by atoms with van der Waals surface area (Å²) in [4.78, 5) is 30.0. The number of nitrogens with zero attached hydrogens (tertiary/aromatic N) is 2. The van der Waals surface area contributed by atoms with Gasteiger partial charge in [0.05, 0.1) is 0 Å². The summed E-state index contributed by atoms with van der Waals surface area (Å²) < 4.78 is 0. The molecule has 142 valence electrons. The minimum atomic E-state index is -0.0396. The standard InChI is InChI=1S/C23H23N3O2/c1-15-19(12-17-5-3-4-6-20(15)17)14-26(2)22(28)10-7-16-11-18-8-9-21(27)25-23(18)24-13-16/h3-7,10-11,13H,8-9,12,14H2,1-2H3,(H,24,25,27). The lowest BCUT2D eigenvalue weighted by atomic mass is 10.0. The van der Waals surface area contributed by atoms with E-state index in [0.717, 1.165) is 17.5 Å². The van der Waals surface area contributed by atoms with Crippen LogP contribution >= 0.6 is 0 Å². The van der Waals surface area contributed by atoms with Crippen molar-refractivity contribution in [3.8, 4) is 0 Å². The van der Waals surface area contributed by atoms with Gasteiger partial charge in [0.1, 0.15) is 5.82 Å². The van der Waals surface area contributed by atoms with Crippen LogP contribution in [0.5, 0.6) is 0 Å². The molecule has 1 aromatic carbocycles. The smallest absolute Gasteiger partial charge is 0.246 e. The van der Waals surface area contributed by atoms with Crippen molar-refractivity contribution in [3.63, 3.8) is 0 Å². The molecule has 4 rings (SSSR count). The van der Waals surface area contributed by atoms with Gasteiger partial charge in [-0.05, 0) is 65.3 Å². The van der Waals surface area contributed by atoms with Crippen molar-refractivity contribution in [2.24, 2.45) is 0 Å². The second kappa shape index (κ2) is 7.43. The molecule has 1 aromatic heterocycles. The fourth-order valence-electron chi connectivity index (χ4n) is 3.79. The number of hydrogen-bond donors (Lipinski definition) is 1. The van der Waals surface area contributed by atoms with E-state index in [1.807, 2.05) is 13.1 Å². The third-order valence-electron chi connectivity index (χ3n) is 5.45. The average molecular weight is 373 g/mol. The number of amides is 2. The van der Waals surface area contributed by atoms with Gasteiger partial charge in [-0.1, -0.05) is 24.3 Å². The van der Waals surface area contributed by atoms with E-state index < -0.39 is 0 Å². The van der Waals surface area contributed by atoms with E-state index in [1.54, 1.807) is 23.2 Å². The highest BCUT2D eigenvalue weighted by Gasteiger charge is 2.20. The first-order chi connectivity index (χ1) is 13.5. The fraction of sp³-hybridized carbons (Fsp3) is 0.261. The van der Waals surface area contributed by atoms with E-state index >= 15 is 0 Å². The molecule has 0 unspecified atom stereocenters. The number of rotatable bonds is 4. The van der Waals surface area contributed by atoms with Gasteiger partial charge in [-0.3, -0.25) is 9.59 Å². The molecule has 2 heterocycles. The van der Waals surface area contributed by atoms with Crippen LogP contribution in [0.4, 0.5) is 5.82 Å². The van der Waals surface area contributed by atoms with Crippen LogP contribution in [0.3, 0.4) is 0 Å². The molecular formula is C23H23N3O2. The van der Waals surface area contributed by atoms with Crippen molar-refractivity contribution >= 4 is 29.3 Å². The van der Waals surface area contributed by atoms with Gasteiger partial charge in [-0.15, -0.1) is 0 Å². The maximum absolute atomic E-state index is 12.6. The first-order valence-corrected chi connectivity index (χ1v) is 9.50. The zero-order chi connectivity index (χ0) is 19.7. The SMILES string of the molecule is CC1=C(CN(C)C(=O)C=Cc2cnc3c(c2)CCC(=O)N3)Cc2ccccc21. The minimum absolute atomic E-state index is 0.00115. The van der Waals surface area contributed by atoms with Gasteiger partial charge in [0.2, 0.25) is 11.8 Å². The van der Waals surface area contributed by atoms with E-state index in [1.165, 1.54) is 22.3 Å². The molecule has 0 atom stereocenters. The van der Waals surface area contributed by atoms with Crippen LogP contribution in [0.2, 0.25) is 0 Å². The Kier molecular flexibility index (Phi) is 4.82. The largest absolute Gasteiger partial charge is 0.338 e. The minimum Gasteiger partial charge on any atom is -0.338 e. The number of benzene rings is 1. The summed E-state index contributed by atoms with van der Waals surface area (Å²) in [7, 11) is 1.83. The number of likely N-dealkylation sites (N-methyl/N-ethyl adjacent to an activating group) is 1. The number of hydrogen-bond acceptors (Lipinski definition) is 3. The van der Waals surface area contributed by atoms with E-state index in [2.05, 4.69) is 41.5 Å². The molecule has 0 saturated heterocycles. The predicted molar refractivity (Wildman–Crippen MR) is 111 cm³/mol. The number of allylic oxidation sites excluding steroid dienone is 1. The molecule has 0 fully saturated rings. The Hall–Kier alpha value is -3.21. The molecule has 2 aliphatic rings. The molecule has 1 aliphatic heterocycles. The number of aryl methyl sites for hydroxylation is 1. The van der Waals surface area contributed by atoms with Crippen LogP contribution in [-0.4, -0.2) is 35.3 Å². The molecule has 5 nitrogen and oxygen atoms in total. The summed E-state index contributed by atoms with van der Waals surface area (Å²) >= 11 is 0. The molecule has 1 aliphatic carbocycles. The molecule has 2 amide bonds. The van der Waals surface area contributed by atoms with Crippen molar-refractivity contribution in [2.45, 2.75) is 26.2 Å². The lowest BCUT2D eigenvalue weighted by Crippen LogP contribution is -2.27. The number of aromatic nitrogens is 1. The molecule has 0 radical (unpaired) electrons. The van der Waals surface area contributed by atoms with Crippen molar-refractivity contribution < 1.29 is 9.59 Å². The maximum Gasteiger partial charge on any atom is 0.246 e. The summed E-state index contributed by atoms with van der Waals surface area (Å²) in [5, 5.41) is 2.77. The first kappa shape index (κ1) is 18.2. The number of carbonyl (C=O) groups is 2. The molecule has 1 N–H and O–H groups in total. The van der Waals surface area contributed by atoms with Crippen LogP contribution in [0.15, 0.2) is 48.2 Å². The van der Waals surface area contributed by atoms with Gasteiger partial charge >= 0.3 is 0 Å². The summed E-state index contributed by atoms with van der Waals surface area (Å²) in [6.45, 7) is 2.76. The number of pyridine rings is 1. The number of fused-ring (bicyclic) bond motifs is 2. The van der Waals surface area contributed by atoms with Crippen LogP contribution in [-0.2, 0) is 22.4 Å². The second-order valence-corrected chi connectivity index (χ2v) is 7.41. The third kappa shape index (κ3) is 3.60. The number of nitrogens with one attached hydrogen (secondary N) is 1. The molecule has 2 aromatic rings. The van der Waals surface area contributed by atoms with E-state index in [0.29, 0.717) is 25.2 Å². The zero-order valence-corrected chi connectivity index (χ0v) is 16.2. The lowest BCUT2D eigenvalue weighted by Gasteiger charge is -2.17. The van der Waals surface area contributed by atoms with Crippen molar-refractivity contribution in [2.75, 3.05) is 18.9 Å². The highest BCUT2D eigenvalue weighted by atomic mass is 16.2. The van der Waals surface area contributed by atoms with E-state index in [4.69, 9.17) is 0 Å². The number of anilines is 1. The van der Waals surface area contributed by atoms with E-state index in [9.17, 15) is 9.59 Å². The summed E-state index contributed by atoms with van der Waals surface area (Å²) in [5.74, 6) is 0.584. The Labute approximate surface area is 164 Å². The topological polar surface area (TPSA) is 62.3 Å². The molecule has 28 heavy (non-hydrogen) atoms. The van der Waals surface area contributed by atoms with Gasteiger partial charge in [-0.25, -0.2) is 4.98 Å². The Bertz CT molecular complexity index is 1020. The third-order valence-corrected chi connectivity index (χ3v) is 5.45. The molecule has 0 bridgehead atoms. The summed E-state index contributed by atoms with van der Waals surface area (Å²) in [6.07, 6.45) is 7.10. The van der Waals surface area contributed by atoms with Gasteiger partial charge in [0.25, 0.3) is 0 Å². The Balaban J connectivity index is 1.41. The van der Waals surface area contributed by atoms with Crippen molar-refractivity contribution in [1.29, 1.82) is 0 Å². The summed E-state index contributed by atoms with van der Waals surface area (Å²) in [6, 6.07) is 10.4. The molecule has 0 saturated carbocycles. The predicted octanol–water partition coefficient (Wildman–Crippen LogP) is 3.47. The van der Waals surface area contributed by atoms with Gasteiger partial charge in [0, 0.05) is 32.3 Å². The zero-order valence-electron chi connectivity index (χ0n) is 16.2. The van der Waals surface area contributed by atoms with Crippen LogP contribution in [0.25, 0.3) is 11.6 Å². The highest BCUT2D eigenvalue weighted by molar-refractivity contribution is 5.94. The van der Waals surface area contributed by atoms with Gasteiger partial charge in [0.15, 0.2) is 0 Å². The quantitative estimate of drug-likeness (QED) is 0.835.